The first-order valence-electron chi connectivity index (χ1n) is 8.89. The molecule has 1 heterocycles. The van der Waals surface area contributed by atoms with E-state index in [9.17, 15) is 18.0 Å². The van der Waals surface area contributed by atoms with Crippen LogP contribution in [0.2, 0.25) is 5.02 Å². The van der Waals surface area contributed by atoms with Gasteiger partial charge in [0.1, 0.15) is 0 Å². The van der Waals surface area contributed by atoms with Gasteiger partial charge >= 0.3 is 0 Å². The third-order valence-electron chi connectivity index (χ3n) is 5.02. The number of hydrogen-bond acceptors (Lipinski definition) is 4. The van der Waals surface area contributed by atoms with Crippen LogP contribution in [0.4, 0.5) is 11.4 Å². The highest BCUT2D eigenvalue weighted by molar-refractivity contribution is 7.89. The van der Waals surface area contributed by atoms with Crippen LogP contribution in [0.3, 0.4) is 0 Å². The SMILES string of the molecule is CN1C(=O)C(C)(C)c2cc(S(=O)(=O)N(C)CC(=O)Nc3cccc(Cl)c3)ccc21. The van der Waals surface area contributed by atoms with Crippen molar-refractivity contribution in [3.05, 3.63) is 53.1 Å². The molecule has 0 aliphatic carbocycles. The highest BCUT2D eigenvalue weighted by Gasteiger charge is 2.43. The molecule has 0 fully saturated rings. The summed E-state index contributed by atoms with van der Waals surface area (Å²) < 4.78 is 26.9. The Labute approximate surface area is 175 Å². The van der Waals surface area contributed by atoms with Crippen LogP contribution in [0.5, 0.6) is 0 Å². The van der Waals surface area contributed by atoms with Crippen molar-refractivity contribution in [2.24, 2.45) is 0 Å². The van der Waals surface area contributed by atoms with Crippen LogP contribution >= 0.6 is 11.6 Å². The van der Waals surface area contributed by atoms with Crippen molar-refractivity contribution in [1.82, 2.24) is 4.31 Å². The number of likely N-dealkylation sites (N-methyl/N-ethyl adjacent to an activating group) is 2. The van der Waals surface area contributed by atoms with Gasteiger partial charge in [0.05, 0.1) is 16.9 Å². The Bertz CT molecular complexity index is 1100. The number of nitrogens with one attached hydrogen (secondary N) is 1. The molecule has 2 aromatic rings. The highest BCUT2D eigenvalue weighted by atomic mass is 35.5. The number of halogens is 1. The second kappa shape index (κ2) is 7.44. The lowest BCUT2D eigenvalue weighted by Crippen LogP contribution is -2.35. The zero-order valence-electron chi connectivity index (χ0n) is 16.6. The Morgan fingerprint density at radius 3 is 2.55 bits per heavy atom. The van der Waals surface area contributed by atoms with E-state index in [1.54, 1.807) is 51.2 Å². The molecule has 0 atom stereocenters. The fourth-order valence-corrected chi connectivity index (χ4v) is 4.69. The van der Waals surface area contributed by atoms with E-state index in [0.29, 0.717) is 22.0 Å². The average molecular weight is 436 g/mol. The number of sulfonamides is 1. The predicted molar refractivity (Wildman–Crippen MR) is 113 cm³/mol. The number of benzene rings is 2. The molecule has 2 amide bonds. The molecule has 0 aromatic heterocycles. The third-order valence-corrected chi connectivity index (χ3v) is 7.06. The number of nitrogens with zero attached hydrogens (tertiary/aromatic N) is 2. The fraction of sp³-hybridized carbons (Fsp3) is 0.300. The van der Waals surface area contributed by atoms with Crippen molar-refractivity contribution in [2.45, 2.75) is 24.2 Å². The molecule has 3 rings (SSSR count). The Morgan fingerprint density at radius 2 is 1.90 bits per heavy atom. The van der Waals surface area contributed by atoms with E-state index in [0.717, 1.165) is 4.31 Å². The second-order valence-electron chi connectivity index (χ2n) is 7.49. The van der Waals surface area contributed by atoms with Crippen LogP contribution in [0.15, 0.2) is 47.4 Å². The largest absolute Gasteiger partial charge is 0.325 e. The van der Waals surface area contributed by atoms with Crippen LogP contribution in [0.1, 0.15) is 19.4 Å². The maximum absolute atomic E-state index is 13.0. The standard InChI is InChI=1S/C20H22ClN3O4S/c1-20(2)16-11-15(8-9-17(16)24(4)19(20)26)29(27,28)23(3)12-18(25)22-14-7-5-6-13(21)10-14/h5-11H,12H2,1-4H3,(H,22,25). The molecular weight excluding hydrogens is 414 g/mol. The van der Waals surface area contributed by atoms with Crippen LogP contribution in [0.25, 0.3) is 0 Å². The van der Waals surface area contributed by atoms with Crippen molar-refractivity contribution in [3.8, 4) is 0 Å². The van der Waals surface area contributed by atoms with E-state index in [1.165, 1.54) is 24.1 Å². The van der Waals surface area contributed by atoms with Gasteiger partial charge in [-0.1, -0.05) is 17.7 Å². The average Bonchev–Trinajstić information content (AvgIpc) is 2.82. The van der Waals surface area contributed by atoms with Gasteiger partial charge in [0.25, 0.3) is 0 Å². The van der Waals surface area contributed by atoms with Gasteiger partial charge in [-0.3, -0.25) is 9.59 Å². The van der Waals surface area contributed by atoms with Gasteiger partial charge in [-0.15, -0.1) is 0 Å². The Morgan fingerprint density at radius 1 is 1.21 bits per heavy atom. The van der Waals surface area contributed by atoms with E-state index in [4.69, 9.17) is 11.6 Å². The number of amides is 2. The molecule has 9 heteroatoms. The fourth-order valence-electron chi connectivity index (χ4n) is 3.35. The minimum Gasteiger partial charge on any atom is -0.325 e. The summed E-state index contributed by atoms with van der Waals surface area (Å²) in [5.74, 6) is -0.592. The van der Waals surface area contributed by atoms with E-state index in [1.807, 2.05) is 0 Å². The summed E-state index contributed by atoms with van der Waals surface area (Å²) in [5.41, 5.74) is 0.982. The van der Waals surface area contributed by atoms with Gasteiger partial charge in [-0.2, -0.15) is 4.31 Å². The smallest absolute Gasteiger partial charge is 0.243 e. The van der Waals surface area contributed by atoms with Gasteiger partial charge < -0.3 is 10.2 Å². The highest BCUT2D eigenvalue weighted by Crippen LogP contribution is 2.41. The minimum atomic E-state index is -3.92. The Balaban J connectivity index is 1.81. The van der Waals surface area contributed by atoms with Gasteiger partial charge in [0.2, 0.25) is 21.8 Å². The molecule has 0 spiro atoms. The van der Waals surface area contributed by atoms with Crippen molar-refractivity contribution in [3.63, 3.8) is 0 Å². The maximum atomic E-state index is 13.0. The number of anilines is 2. The second-order valence-corrected chi connectivity index (χ2v) is 9.97. The first-order chi connectivity index (χ1) is 13.4. The van der Waals surface area contributed by atoms with Gasteiger partial charge in [0, 0.05) is 30.5 Å². The van der Waals surface area contributed by atoms with Crippen molar-refractivity contribution in [2.75, 3.05) is 30.9 Å². The third kappa shape index (κ3) is 3.88. The number of carbonyl (C=O) groups is 2. The van der Waals surface area contributed by atoms with Crippen LogP contribution in [-0.2, 0) is 25.0 Å². The quantitative estimate of drug-likeness (QED) is 0.782. The van der Waals surface area contributed by atoms with E-state index in [-0.39, 0.29) is 17.3 Å². The topological polar surface area (TPSA) is 86.8 Å². The molecule has 0 saturated heterocycles. The molecule has 1 N–H and O–H groups in total. The molecule has 154 valence electrons. The minimum absolute atomic E-state index is 0.0329. The molecule has 1 aliphatic rings. The van der Waals surface area contributed by atoms with Crippen LogP contribution in [-0.4, -0.2) is 45.2 Å². The normalized spacial score (nSPS) is 15.5. The number of rotatable bonds is 5. The van der Waals surface area contributed by atoms with Gasteiger partial charge in [-0.05, 0) is 55.8 Å². The zero-order valence-corrected chi connectivity index (χ0v) is 18.1. The summed E-state index contributed by atoms with van der Waals surface area (Å²) in [4.78, 5) is 26.3. The molecule has 0 radical (unpaired) electrons. The van der Waals surface area contributed by atoms with Crippen molar-refractivity contribution in [1.29, 1.82) is 0 Å². The maximum Gasteiger partial charge on any atom is 0.243 e. The molecule has 1 aliphatic heterocycles. The Hall–Kier alpha value is -2.42. The lowest BCUT2D eigenvalue weighted by molar-refractivity contribution is -0.121. The summed E-state index contributed by atoms with van der Waals surface area (Å²) in [7, 11) is -0.926. The Kier molecular flexibility index (Phi) is 5.46. The summed E-state index contributed by atoms with van der Waals surface area (Å²) in [5, 5.41) is 3.08. The molecule has 2 aromatic carbocycles. The monoisotopic (exact) mass is 435 g/mol. The molecule has 0 saturated carbocycles. The predicted octanol–water partition coefficient (Wildman–Crippen LogP) is 2.85. The van der Waals surface area contributed by atoms with Gasteiger partial charge in [-0.25, -0.2) is 8.42 Å². The molecule has 0 bridgehead atoms. The summed E-state index contributed by atoms with van der Waals surface area (Å²) in [6, 6.07) is 11.2. The summed E-state index contributed by atoms with van der Waals surface area (Å²) in [6.45, 7) is 3.15. The van der Waals surface area contributed by atoms with Crippen LogP contribution < -0.4 is 10.2 Å². The lowest BCUT2D eigenvalue weighted by atomic mass is 9.86. The first-order valence-corrected chi connectivity index (χ1v) is 10.7. The number of carbonyl (C=O) groups excluding carboxylic acids is 2. The van der Waals surface area contributed by atoms with Crippen LogP contribution in [0, 0.1) is 0 Å². The molecular formula is C20H22ClN3O4S. The molecule has 7 nitrogen and oxygen atoms in total. The number of hydrogen-bond donors (Lipinski definition) is 1. The van der Waals surface area contributed by atoms with E-state index < -0.39 is 21.3 Å². The lowest BCUT2D eigenvalue weighted by Gasteiger charge is -2.19. The van der Waals surface area contributed by atoms with Crippen molar-refractivity contribution < 1.29 is 18.0 Å². The zero-order chi connectivity index (χ0) is 21.6. The first kappa shape index (κ1) is 21.3. The van der Waals surface area contributed by atoms with Crippen molar-refractivity contribution >= 4 is 44.8 Å². The molecule has 29 heavy (non-hydrogen) atoms. The van der Waals surface area contributed by atoms with E-state index in [2.05, 4.69) is 5.32 Å². The van der Waals surface area contributed by atoms with E-state index >= 15 is 0 Å². The van der Waals surface area contributed by atoms with Gasteiger partial charge in [0.15, 0.2) is 0 Å². The molecule has 0 unspecified atom stereocenters. The number of fused-ring (bicyclic) bond motifs is 1. The summed E-state index contributed by atoms with van der Waals surface area (Å²) in [6.07, 6.45) is 0. The summed E-state index contributed by atoms with van der Waals surface area (Å²) >= 11 is 5.89.